The summed E-state index contributed by atoms with van der Waals surface area (Å²) in [5.41, 5.74) is 0.599. The van der Waals surface area contributed by atoms with Crippen LogP contribution in [0.5, 0.6) is 0 Å². The van der Waals surface area contributed by atoms with Gasteiger partial charge in [0.2, 0.25) is 10.0 Å². The van der Waals surface area contributed by atoms with Gasteiger partial charge in [0.25, 0.3) is 0 Å². The summed E-state index contributed by atoms with van der Waals surface area (Å²) < 4.78 is 26.9. The van der Waals surface area contributed by atoms with Gasteiger partial charge in [-0.05, 0) is 24.8 Å². The maximum Gasteiger partial charge on any atom is 0.246 e. The molecular formula is C13H21N3O2S. The Labute approximate surface area is 115 Å². The van der Waals surface area contributed by atoms with Crippen LogP contribution < -0.4 is 5.32 Å². The lowest BCUT2D eigenvalue weighted by molar-refractivity contribution is 0.250. The van der Waals surface area contributed by atoms with Crippen molar-refractivity contribution in [1.29, 1.82) is 0 Å². The lowest BCUT2D eigenvalue weighted by Gasteiger charge is -2.31. The highest BCUT2D eigenvalue weighted by molar-refractivity contribution is 7.89. The number of sulfonamides is 1. The zero-order chi connectivity index (χ0) is 13.9. The third kappa shape index (κ3) is 2.90. The Hall–Kier alpha value is -1.14. The van der Waals surface area contributed by atoms with E-state index in [9.17, 15) is 8.42 Å². The maximum absolute atomic E-state index is 12.7. The van der Waals surface area contributed by atoms with Gasteiger partial charge in [0.1, 0.15) is 4.90 Å². The van der Waals surface area contributed by atoms with Gasteiger partial charge in [0.15, 0.2) is 0 Å². The molecule has 0 unspecified atom stereocenters. The van der Waals surface area contributed by atoms with E-state index >= 15 is 0 Å². The first-order chi connectivity index (χ1) is 9.09. The molecule has 1 aromatic heterocycles. The Morgan fingerprint density at radius 1 is 1.47 bits per heavy atom. The Morgan fingerprint density at radius 2 is 2.21 bits per heavy atom. The second-order valence-electron chi connectivity index (χ2n) is 4.87. The number of hydrogen-bond acceptors (Lipinski definition) is 4. The summed E-state index contributed by atoms with van der Waals surface area (Å²) in [5.74, 6) is 0.518. The largest absolute Gasteiger partial charge is 0.387 e. The average molecular weight is 283 g/mol. The third-order valence-corrected chi connectivity index (χ3v) is 5.68. The highest BCUT2D eigenvalue weighted by Gasteiger charge is 2.30. The van der Waals surface area contributed by atoms with E-state index in [1.165, 1.54) is 12.6 Å². The molecule has 5 nitrogen and oxygen atoms in total. The number of nitrogens with one attached hydrogen (secondary N) is 1. The lowest BCUT2D eigenvalue weighted by atomic mass is 9.85. The summed E-state index contributed by atoms with van der Waals surface area (Å²) >= 11 is 0. The minimum atomic E-state index is -3.46. The van der Waals surface area contributed by atoms with Gasteiger partial charge in [-0.25, -0.2) is 8.42 Å². The second kappa shape index (κ2) is 5.88. The predicted octanol–water partition coefficient (Wildman–Crippen LogP) is 1.93. The first-order valence-corrected chi connectivity index (χ1v) is 8.15. The molecule has 6 heteroatoms. The molecule has 1 aliphatic rings. The Morgan fingerprint density at radius 3 is 2.74 bits per heavy atom. The molecule has 106 valence electrons. The molecule has 0 spiro atoms. The molecule has 0 aromatic carbocycles. The van der Waals surface area contributed by atoms with Crippen molar-refractivity contribution in [2.24, 2.45) is 5.92 Å². The molecule has 0 aliphatic heterocycles. The van der Waals surface area contributed by atoms with Gasteiger partial charge in [0, 0.05) is 32.5 Å². The smallest absolute Gasteiger partial charge is 0.246 e. The molecule has 0 atom stereocenters. The molecule has 0 amide bonds. The summed E-state index contributed by atoms with van der Waals surface area (Å²) in [6.07, 6.45) is 6.50. The van der Waals surface area contributed by atoms with E-state index in [0.29, 0.717) is 24.7 Å². The van der Waals surface area contributed by atoms with Crippen LogP contribution in [0.1, 0.15) is 26.2 Å². The fourth-order valence-corrected chi connectivity index (χ4v) is 3.96. The van der Waals surface area contributed by atoms with Crippen LogP contribution in [0.2, 0.25) is 0 Å². The van der Waals surface area contributed by atoms with Crippen molar-refractivity contribution in [3.63, 3.8) is 0 Å². The van der Waals surface area contributed by atoms with Gasteiger partial charge in [-0.1, -0.05) is 13.3 Å². The zero-order valence-electron chi connectivity index (χ0n) is 11.5. The average Bonchev–Trinajstić information content (AvgIpc) is 2.37. The lowest BCUT2D eigenvalue weighted by Crippen LogP contribution is -2.37. The minimum absolute atomic E-state index is 0.263. The normalized spacial score (nSPS) is 16.4. The van der Waals surface area contributed by atoms with E-state index in [-0.39, 0.29) is 4.90 Å². The minimum Gasteiger partial charge on any atom is -0.387 e. The second-order valence-corrected chi connectivity index (χ2v) is 6.78. The molecule has 19 heavy (non-hydrogen) atoms. The molecule has 0 saturated heterocycles. The van der Waals surface area contributed by atoms with Crippen LogP contribution in [-0.2, 0) is 10.0 Å². The first kappa shape index (κ1) is 14.3. The van der Waals surface area contributed by atoms with Gasteiger partial charge in [-0.15, -0.1) is 0 Å². The molecule has 1 fully saturated rings. The fourth-order valence-electron chi connectivity index (χ4n) is 2.29. The van der Waals surface area contributed by atoms with Crippen LogP contribution >= 0.6 is 0 Å². The van der Waals surface area contributed by atoms with Gasteiger partial charge in [-0.3, -0.25) is 4.98 Å². The van der Waals surface area contributed by atoms with Crippen LogP contribution in [0.4, 0.5) is 5.69 Å². The molecule has 0 bridgehead atoms. The van der Waals surface area contributed by atoms with Crippen LogP contribution in [0, 0.1) is 5.92 Å². The number of pyridine rings is 1. The van der Waals surface area contributed by atoms with E-state index in [1.807, 2.05) is 6.92 Å². The van der Waals surface area contributed by atoms with Crippen molar-refractivity contribution in [2.45, 2.75) is 31.1 Å². The summed E-state index contributed by atoms with van der Waals surface area (Å²) in [6.45, 7) is 3.00. The molecule has 1 aliphatic carbocycles. The monoisotopic (exact) mass is 283 g/mol. The number of hydrogen-bond donors (Lipinski definition) is 1. The van der Waals surface area contributed by atoms with Crippen molar-refractivity contribution in [1.82, 2.24) is 9.29 Å². The van der Waals surface area contributed by atoms with Crippen molar-refractivity contribution < 1.29 is 8.42 Å². The molecule has 1 saturated carbocycles. The van der Waals surface area contributed by atoms with E-state index in [1.54, 1.807) is 23.6 Å². The molecule has 1 N–H and O–H groups in total. The zero-order valence-corrected chi connectivity index (χ0v) is 12.3. The number of anilines is 1. The molecule has 1 aromatic rings. The van der Waals surface area contributed by atoms with E-state index in [2.05, 4.69) is 10.3 Å². The summed E-state index contributed by atoms with van der Waals surface area (Å²) in [4.78, 5) is 4.21. The van der Waals surface area contributed by atoms with Crippen molar-refractivity contribution in [2.75, 3.05) is 25.5 Å². The Kier molecular flexibility index (Phi) is 4.42. The van der Waals surface area contributed by atoms with Gasteiger partial charge in [-0.2, -0.15) is 4.31 Å². The third-order valence-electron chi connectivity index (χ3n) is 3.71. The topological polar surface area (TPSA) is 62.3 Å². The first-order valence-electron chi connectivity index (χ1n) is 6.71. The summed E-state index contributed by atoms with van der Waals surface area (Å²) in [7, 11) is -1.74. The summed E-state index contributed by atoms with van der Waals surface area (Å²) in [6, 6.07) is 1.68. The standard InChI is InChI=1S/C13H21N3O2S/c1-3-16(10-11-5-4-6-11)19(17,18)13-9-15-8-7-12(13)14-2/h7-9,11H,3-6,10H2,1-2H3,(H,14,15). The Balaban J connectivity index is 2.28. The summed E-state index contributed by atoms with van der Waals surface area (Å²) in [5, 5.41) is 2.92. The van der Waals surface area contributed by atoms with E-state index in [4.69, 9.17) is 0 Å². The van der Waals surface area contributed by atoms with Crippen LogP contribution in [0.15, 0.2) is 23.4 Å². The van der Waals surface area contributed by atoms with Crippen LogP contribution in [0.3, 0.4) is 0 Å². The molecule has 1 heterocycles. The van der Waals surface area contributed by atoms with Crippen molar-refractivity contribution in [3.8, 4) is 0 Å². The molecule has 2 rings (SSSR count). The predicted molar refractivity (Wildman–Crippen MR) is 75.6 cm³/mol. The number of nitrogens with zero attached hydrogens (tertiary/aromatic N) is 2. The van der Waals surface area contributed by atoms with Crippen LogP contribution in [0.25, 0.3) is 0 Å². The quantitative estimate of drug-likeness (QED) is 0.866. The van der Waals surface area contributed by atoms with E-state index < -0.39 is 10.0 Å². The number of rotatable bonds is 6. The maximum atomic E-state index is 12.7. The van der Waals surface area contributed by atoms with Crippen molar-refractivity contribution in [3.05, 3.63) is 18.5 Å². The SMILES string of the molecule is CCN(CC1CCC1)S(=O)(=O)c1cnccc1NC. The molecular weight excluding hydrogens is 262 g/mol. The van der Waals surface area contributed by atoms with Gasteiger partial charge < -0.3 is 5.32 Å². The van der Waals surface area contributed by atoms with E-state index in [0.717, 1.165) is 12.8 Å². The Bertz CT molecular complexity index is 526. The number of aromatic nitrogens is 1. The highest BCUT2D eigenvalue weighted by Crippen LogP contribution is 2.30. The molecule has 0 radical (unpaired) electrons. The van der Waals surface area contributed by atoms with Crippen LogP contribution in [-0.4, -0.2) is 37.8 Å². The fraction of sp³-hybridized carbons (Fsp3) is 0.615. The highest BCUT2D eigenvalue weighted by atomic mass is 32.2. The van der Waals surface area contributed by atoms with Crippen molar-refractivity contribution >= 4 is 15.7 Å². The van der Waals surface area contributed by atoms with Gasteiger partial charge >= 0.3 is 0 Å². The van der Waals surface area contributed by atoms with Gasteiger partial charge in [0.05, 0.1) is 5.69 Å².